The van der Waals surface area contributed by atoms with E-state index in [-0.39, 0.29) is 44.1 Å². The predicted molar refractivity (Wildman–Crippen MR) is 227 cm³/mol. The molecule has 0 radical (unpaired) electrons. The van der Waals surface area contributed by atoms with E-state index in [2.05, 4.69) is 50.8 Å². The smallest absolute Gasteiger partial charge is 0.333 e. The van der Waals surface area contributed by atoms with Gasteiger partial charge in [-0.1, -0.05) is 83.4 Å². The Kier molecular flexibility index (Phi) is 19.3. The lowest BCUT2D eigenvalue weighted by molar-refractivity contribution is -0.143. The molecule has 0 saturated heterocycles. The standard InChI is InChI=1S/C49H67FO7/c1-6-9-10-13-35-16-18-38(19-17-35)39-20-23-45(46(50)31-39)40-21-22-44(37(7-2)28-40)43-29-41(14-11-25-55-47(53)8-3)48(56-27-24-36(32-51)33-52)42(30-43)15-12-26-57-49(54)34(4)5/h20-23,28-31,35-36,38,51-52H,4,6-19,24-27,32-33H2,1-3,5H3. The fourth-order valence-electron chi connectivity index (χ4n) is 7.96. The third-order valence-electron chi connectivity index (χ3n) is 11.5. The van der Waals surface area contributed by atoms with Gasteiger partial charge in [-0.15, -0.1) is 0 Å². The molecule has 1 aliphatic carbocycles. The van der Waals surface area contributed by atoms with Crippen molar-refractivity contribution in [1.29, 1.82) is 0 Å². The van der Waals surface area contributed by atoms with Crippen molar-refractivity contribution in [1.82, 2.24) is 0 Å². The van der Waals surface area contributed by atoms with Gasteiger partial charge < -0.3 is 24.4 Å². The van der Waals surface area contributed by atoms with Gasteiger partial charge in [0, 0.05) is 36.7 Å². The Morgan fingerprint density at radius 3 is 2.04 bits per heavy atom. The van der Waals surface area contributed by atoms with E-state index in [1.54, 1.807) is 19.9 Å². The predicted octanol–water partition coefficient (Wildman–Crippen LogP) is 10.9. The highest BCUT2D eigenvalue weighted by molar-refractivity contribution is 5.86. The average molecular weight is 787 g/mol. The van der Waals surface area contributed by atoms with E-state index < -0.39 is 5.97 Å². The average Bonchev–Trinajstić information content (AvgIpc) is 3.22. The van der Waals surface area contributed by atoms with E-state index in [4.69, 9.17) is 14.2 Å². The molecule has 4 rings (SSSR count). The maximum absolute atomic E-state index is 15.9. The Morgan fingerprint density at radius 2 is 1.44 bits per heavy atom. The molecule has 0 spiro atoms. The Morgan fingerprint density at radius 1 is 0.789 bits per heavy atom. The molecule has 3 aromatic rings. The van der Waals surface area contributed by atoms with Crippen LogP contribution in [0.4, 0.5) is 4.39 Å². The van der Waals surface area contributed by atoms with Crippen LogP contribution in [-0.4, -0.2) is 55.2 Å². The largest absolute Gasteiger partial charge is 0.493 e. The molecule has 0 heterocycles. The summed E-state index contributed by atoms with van der Waals surface area (Å²) in [5, 5.41) is 19.3. The van der Waals surface area contributed by atoms with Gasteiger partial charge in [0.15, 0.2) is 0 Å². The van der Waals surface area contributed by atoms with E-state index in [9.17, 15) is 19.8 Å². The third kappa shape index (κ3) is 13.8. The molecule has 2 N–H and O–H groups in total. The minimum absolute atomic E-state index is 0.140. The molecule has 0 unspecified atom stereocenters. The molecule has 1 fully saturated rings. The van der Waals surface area contributed by atoms with Gasteiger partial charge in [0.25, 0.3) is 0 Å². The number of carbonyl (C=O) groups excluding carboxylic acids is 2. The topological polar surface area (TPSA) is 102 Å². The molecule has 312 valence electrons. The van der Waals surface area contributed by atoms with Crippen LogP contribution in [0.15, 0.2) is 60.7 Å². The monoisotopic (exact) mass is 786 g/mol. The number of halogens is 1. The van der Waals surface area contributed by atoms with Crippen LogP contribution in [0, 0.1) is 17.7 Å². The summed E-state index contributed by atoms with van der Waals surface area (Å²) in [6.45, 7) is 11.9. The summed E-state index contributed by atoms with van der Waals surface area (Å²) < 4.78 is 33.2. The number of unbranched alkanes of at least 4 members (excludes halogenated alkanes) is 2. The number of ether oxygens (including phenoxy) is 3. The fourth-order valence-corrected chi connectivity index (χ4v) is 7.96. The summed E-state index contributed by atoms with van der Waals surface area (Å²) in [5.74, 6) is 0.791. The van der Waals surface area contributed by atoms with Gasteiger partial charge in [-0.3, -0.25) is 4.79 Å². The van der Waals surface area contributed by atoms with Crippen molar-refractivity contribution in [2.45, 2.75) is 130 Å². The number of benzene rings is 3. The highest BCUT2D eigenvalue weighted by Gasteiger charge is 2.24. The molecule has 0 aromatic heterocycles. The van der Waals surface area contributed by atoms with E-state index in [1.807, 2.05) is 12.1 Å². The number of aliphatic hydroxyl groups is 2. The molecule has 8 heteroatoms. The second kappa shape index (κ2) is 24.0. The summed E-state index contributed by atoms with van der Waals surface area (Å²) >= 11 is 0. The highest BCUT2D eigenvalue weighted by Crippen LogP contribution is 2.40. The lowest BCUT2D eigenvalue weighted by Gasteiger charge is -2.29. The first kappa shape index (κ1) is 45.7. The van der Waals surface area contributed by atoms with Crippen molar-refractivity contribution in [3.05, 3.63) is 88.8 Å². The number of rotatable bonds is 24. The van der Waals surface area contributed by atoms with Crippen LogP contribution in [0.1, 0.15) is 133 Å². The summed E-state index contributed by atoms with van der Waals surface area (Å²) in [7, 11) is 0. The molecule has 0 bridgehead atoms. The first-order valence-corrected chi connectivity index (χ1v) is 21.5. The molecular weight excluding hydrogens is 720 g/mol. The van der Waals surface area contributed by atoms with Gasteiger partial charge in [0.1, 0.15) is 11.6 Å². The molecule has 0 atom stereocenters. The van der Waals surface area contributed by atoms with E-state index >= 15 is 4.39 Å². The van der Waals surface area contributed by atoms with Crippen LogP contribution >= 0.6 is 0 Å². The van der Waals surface area contributed by atoms with Gasteiger partial charge in [0.2, 0.25) is 0 Å². The molecule has 3 aromatic carbocycles. The lowest BCUT2D eigenvalue weighted by Crippen LogP contribution is -2.16. The van der Waals surface area contributed by atoms with Crippen LogP contribution in [0.2, 0.25) is 0 Å². The zero-order chi connectivity index (χ0) is 41.2. The van der Waals surface area contributed by atoms with Crippen molar-refractivity contribution in [2.75, 3.05) is 33.0 Å². The van der Waals surface area contributed by atoms with Crippen molar-refractivity contribution in [2.24, 2.45) is 11.8 Å². The van der Waals surface area contributed by atoms with Crippen molar-refractivity contribution in [3.63, 3.8) is 0 Å². The second-order valence-corrected chi connectivity index (χ2v) is 15.9. The Bertz CT molecular complexity index is 1740. The maximum atomic E-state index is 15.9. The summed E-state index contributed by atoms with van der Waals surface area (Å²) in [6, 6.07) is 16.3. The molecule has 0 amide bonds. The second-order valence-electron chi connectivity index (χ2n) is 15.9. The molecule has 57 heavy (non-hydrogen) atoms. The van der Waals surface area contributed by atoms with Gasteiger partial charge in [0.05, 0.1) is 19.8 Å². The zero-order valence-corrected chi connectivity index (χ0v) is 35.0. The molecule has 1 saturated carbocycles. The van der Waals surface area contributed by atoms with Crippen molar-refractivity contribution >= 4 is 11.9 Å². The molecule has 1 aliphatic rings. The van der Waals surface area contributed by atoms with Crippen LogP contribution in [-0.2, 0) is 38.3 Å². The first-order chi connectivity index (χ1) is 27.6. The van der Waals surface area contributed by atoms with Crippen molar-refractivity contribution in [3.8, 4) is 28.0 Å². The normalized spacial score (nSPS) is 15.4. The van der Waals surface area contributed by atoms with Gasteiger partial charge >= 0.3 is 11.9 Å². The quantitative estimate of drug-likeness (QED) is 0.0529. The molecule has 7 nitrogen and oxygen atoms in total. The van der Waals surface area contributed by atoms with E-state index in [1.165, 1.54) is 38.5 Å². The Hall–Kier alpha value is -4.01. The summed E-state index contributed by atoms with van der Waals surface area (Å²) in [6.07, 6.45) is 13.7. The fraction of sp³-hybridized carbons (Fsp3) is 0.551. The molecule has 0 aliphatic heterocycles. The van der Waals surface area contributed by atoms with E-state index in [0.717, 1.165) is 64.1 Å². The van der Waals surface area contributed by atoms with E-state index in [0.29, 0.717) is 67.9 Å². The number of carbonyl (C=O) groups is 2. The lowest BCUT2D eigenvalue weighted by atomic mass is 9.77. The maximum Gasteiger partial charge on any atom is 0.333 e. The van der Waals surface area contributed by atoms with Crippen molar-refractivity contribution < 1.29 is 38.4 Å². The van der Waals surface area contributed by atoms with Crippen LogP contribution in [0.5, 0.6) is 5.75 Å². The van der Waals surface area contributed by atoms with Gasteiger partial charge in [-0.05, 0) is 140 Å². The number of esters is 2. The molecular formula is C49H67FO7. The summed E-state index contributed by atoms with van der Waals surface area (Å²) in [4.78, 5) is 24.0. The summed E-state index contributed by atoms with van der Waals surface area (Å²) in [5.41, 5.74) is 7.90. The van der Waals surface area contributed by atoms with Crippen LogP contribution in [0.3, 0.4) is 0 Å². The van der Waals surface area contributed by atoms with Crippen LogP contribution in [0.25, 0.3) is 22.3 Å². The van der Waals surface area contributed by atoms with Gasteiger partial charge in [-0.2, -0.15) is 0 Å². The highest BCUT2D eigenvalue weighted by atomic mass is 19.1. The number of hydrogen-bond acceptors (Lipinski definition) is 7. The Labute approximate surface area is 341 Å². The number of hydrogen-bond donors (Lipinski definition) is 2. The third-order valence-corrected chi connectivity index (χ3v) is 11.5. The van der Waals surface area contributed by atoms with Crippen LogP contribution < -0.4 is 4.74 Å². The van der Waals surface area contributed by atoms with Gasteiger partial charge in [-0.25, -0.2) is 9.18 Å². The minimum atomic E-state index is -0.430. The minimum Gasteiger partial charge on any atom is -0.493 e. The Balaban J connectivity index is 1.64. The SMILES string of the molecule is C=C(C)C(=O)OCCCc1cc(-c2ccc(-c3ccc(C4CCC(CCCCC)CC4)cc3F)cc2CC)cc(CCCOC(=O)CC)c1OCCC(CO)CO. The number of aryl methyl sites for hydroxylation is 3. The number of aliphatic hydroxyl groups excluding tert-OH is 2. The first-order valence-electron chi connectivity index (χ1n) is 21.5. The zero-order valence-electron chi connectivity index (χ0n) is 35.0.